The first-order valence-electron chi connectivity index (χ1n) is 10.8. The summed E-state index contributed by atoms with van der Waals surface area (Å²) in [5, 5.41) is 0. The molecule has 0 aliphatic carbocycles. The number of rotatable bonds is 7. The van der Waals surface area contributed by atoms with E-state index in [-0.39, 0.29) is 5.75 Å². The fourth-order valence-corrected chi connectivity index (χ4v) is 4.11. The fraction of sp³-hybridized carbons (Fsp3) is 0.308. The van der Waals surface area contributed by atoms with E-state index in [1.54, 1.807) is 19.1 Å². The van der Waals surface area contributed by atoms with Crippen molar-refractivity contribution in [3.8, 4) is 0 Å². The Kier molecular flexibility index (Phi) is 9.13. The molecule has 31 heavy (non-hydrogen) atoms. The summed E-state index contributed by atoms with van der Waals surface area (Å²) < 4.78 is 22.5. The third kappa shape index (κ3) is 7.14. The third-order valence-corrected chi connectivity index (χ3v) is 6.99. The summed E-state index contributed by atoms with van der Waals surface area (Å²) in [6.07, 6.45) is 1.09. The van der Waals surface area contributed by atoms with Crippen molar-refractivity contribution in [3.05, 3.63) is 89.5 Å². The van der Waals surface area contributed by atoms with Gasteiger partial charge in [-0.15, -0.1) is 0 Å². The molecule has 0 aliphatic heterocycles. The molecule has 0 aliphatic rings. The molecule has 5 heteroatoms. The van der Waals surface area contributed by atoms with Gasteiger partial charge in [0.2, 0.25) is 0 Å². The average molecular weight is 439 g/mol. The molecule has 0 radical (unpaired) electrons. The zero-order chi connectivity index (χ0) is 22.9. The number of nitrogen functional groups attached to an aromatic ring is 1. The van der Waals surface area contributed by atoms with Gasteiger partial charge in [-0.25, -0.2) is 8.42 Å². The Labute approximate surface area is 187 Å². The summed E-state index contributed by atoms with van der Waals surface area (Å²) in [6, 6.07) is 23.7. The molecule has 3 aromatic carbocycles. The van der Waals surface area contributed by atoms with Gasteiger partial charge in [-0.2, -0.15) is 0 Å². The van der Waals surface area contributed by atoms with E-state index < -0.39 is 9.84 Å². The molecule has 3 aromatic rings. The van der Waals surface area contributed by atoms with Crippen LogP contribution < -0.4 is 10.6 Å². The quantitative estimate of drug-likeness (QED) is 0.484. The summed E-state index contributed by atoms with van der Waals surface area (Å²) in [4.78, 5) is 2.78. The molecule has 166 valence electrons. The minimum Gasteiger partial charge on any atom is -0.399 e. The molecule has 0 aromatic heterocycles. The Bertz CT molecular complexity index is 1050. The molecule has 0 amide bonds. The normalized spacial score (nSPS) is 10.8. The summed E-state index contributed by atoms with van der Waals surface area (Å²) >= 11 is 0. The first-order chi connectivity index (χ1) is 14.8. The van der Waals surface area contributed by atoms with E-state index in [0.717, 1.165) is 19.5 Å². The average Bonchev–Trinajstić information content (AvgIpc) is 2.79. The third-order valence-electron chi connectivity index (χ3n) is 5.24. The van der Waals surface area contributed by atoms with E-state index in [2.05, 4.69) is 74.2 Å². The van der Waals surface area contributed by atoms with Gasteiger partial charge in [-0.05, 0) is 67.3 Å². The van der Waals surface area contributed by atoms with Crippen molar-refractivity contribution in [2.45, 2.75) is 45.6 Å². The molecule has 0 saturated heterocycles. The van der Waals surface area contributed by atoms with Crippen LogP contribution in [0, 0.1) is 6.92 Å². The van der Waals surface area contributed by atoms with Crippen molar-refractivity contribution in [2.24, 2.45) is 0 Å². The Hall–Kier alpha value is -2.79. The molecular weight excluding hydrogens is 404 g/mol. The fourth-order valence-electron chi connectivity index (χ4n) is 3.23. The van der Waals surface area contributed by atoms with Crippen LogP contribution in [-0.4, -0.2) is 20.7 Å². The van der Waals surface area contributed by atoms with E-state index >= 15 is 0 Å². The SMILES string of the molecule is CCS(=O)(=O)c1ccc(N)cc1.CCc1ccc(C)c(N(CC)Cc2ccccc2)c1. The number of sulfone groups is 1. The van der Waals surface area contributed by atoms with Crippen LogP contribution in [0.5, 0.6) is 0 Å². The van der Waals surface area contributed by atoms with E-state index in [1.807, 2.05) is 0 Å². The lowest BCUT2D eigenvalue weighted by atomic mass is 10.1. The minimum absolute atomic E-state index is 0.122. The predicted octanol–water partition coefficient (Wildman–Crippen LogP) is 5.65. The second-order valence-electron chi connectivity index (χ2n) is 7.45. The van der Waals surface area contributed by atoms with Crippen LogP contribution in [0.1, 0.15) is 37.5 Å². The van der Waals surface area contributed by atoms with Crippen molar-refractivity contribution < 1.29 is 8.42 Å². The first-order valence-corrected chi connectivity index (χ1v) is 12.4. The lowest BCUT2D eigenvalue weighted by Gasteiger charge is -2.25. The van der Waals surface area contributed by atoms with Crippen LogP contribution in [0.25, 0.3) is 0 Å². The van der Waals surface area contributed by atoms with Gasteiger partial charge in [-0.3, -0.25) is 0 Å². The van der Waals surface area contributed by atoms with Gasteiger partial charge >= 0.3 is 0 Å². The molecule has 0 spiro atoms. The van der Waals surface area contributed by atoms with E-state index in [9.17, 15) is 8.42 Å². The number of aryl methyl sites for hydroxylation is 2. The molecule has 4 nitrogen and oxygen atoms in total. The summed E-state index contributed by atoms with van der Waals surface area (Å²) in [7, 11) is -3.07. The van der Waals surface area contributed by atoms with Crippen LogP contribution in [0.3, 0.4) is 0 Å². The molecule has 0 unspecified atom stereocenters. The van der Waals surface area contributed by atoms with Crippen LogP contribution in [0.2, 0.25) is 0 Å². The van der Waals surface area contributed by atoms with Crippen LogP contribution in [-0.2, 0) is 22.8 Å². The number of nitrogens with two attached hydrogens (primary N) is 1. The largest absolute Gasteiger partial charge is 0.399 e. The van der Waals surface area contributed by atoms with Crippen molar-refractivity contribution in [1.82, 2.24) is 0 Å². The molecule has 0 heterocycles. The van der Waals surface area contributed by atoms with Gasteiger partial charge in [-0.1, -0.05) is 56.3 Å². The summed E-state index contributed by atoms with van der Waals surface area (Å²) in [5.74, 6) is 0.122. The second kappa shape index (κ2) is 11.6. The predicted molar refractivity (Wildman–Crippen MR) is 132 cm³/mol. The lowest BCUT2D eigenvalue weighted by Crippen LogP contribution is -2.23. The molecule has 0 bridgehead atoms. The highest BCUT2D eigenvalue weighted by Crippen LogP contribution is 2.23. The highest BCUT2D eigenvalue weighted by molar-refractivity contribution is 7.91. The first kappa shape index (κ1) is 24.5. The monoisotopic (exact) mass is 438 g/mol. The molecular formula is C26H34N2O2S. The van der Waals surface area contributed by atoms with Crippen LogP contribution in [0.15, 0.2) is 77.7 Å². The van der Waals surface area contributed by atoms with E-state index in [4.69, 9.17) is 5.73 Å². The van der Waals surface area contributed by atoms with Gasteiger partial charge in [0.25, 0.3) is 0 Å². The van der Waals surface area contributed by atoms with Crippen molar-refractivity contribution in [3.63, 3.8) is 0 Å². The standard InChI is InChI=1S/C18H23N.C8H11NO2S/c1-4-16-12-11-15(3)18(13-16)19(5-2)14-17-9-7-6-8-10-17;1-2-12(10,11)8-5-3-7(9)4-6-8/h6-13H,4-5,14H2,1-3H3;3-6H,2,9H2,1H3. The van der Waals surface area contributed by atoms with Crippen molar-refractivity contribution in [2.75, 3.05) is 22.9 Å². The van der Waals surface area contributed by atoms with Gasteiger partial charge in [0, 0.05) is 24.5 Å². The number of hydrogen-bond acceptors (Lipinski definition) is 4. The number of nitrogens with zero attached hydrogens (tertiary/aromatic N) is 1. The molecule has 0 fully saturated rings. The Morgan fingerprint density at radius 2 is 1.48 bits per heavy atom. The number of benzene rings is 3. The summed E-state index contributed by atoms with van der Waals surface area (Å²) in [6.45, 7) is 10.3. The molecule has 0 saturated carbocycles. The van der Waals surface area contributed by atoms with Gasteiger partial charge in [0.15, 0.2) is 9.84 Å². The maximum atomic E-state index is 11.3. The second-order valence-corrected chi connectivity index (χ2v) is 9.72. The maximum Gasteiger partial charge on any atom is 0.178 e. The number of hydrogen-bond donors (Lipinski definition) is 1. The van der Waals surface area contributed by atoms with E-state index in [1.165, 1.54) is 34.5 Å². The Morgan fingerprint density at radius 1 is 0.839 bits per heavy atom. The van der Waals surface area contributed by atoms with Gasteiger partial charge < -0.3 is 10.6 Å². The maximum absolute atomic E-state index is 11.3. The van der Waals surface area contributed by atoms with Crippen LogP contribution >= 0.6 is 0 Å². The highest BCUT2D eigenvalue weighted by atomic mass is 32.2. The van der Waals surface area contributed by atoms with Gasteiger partial charge in [0.05, 0.1) is 10.6 Å². The zero-order valence-electron chi connectivity index (χ0n) is 19.0. The topological polar surface area (TPSA) is 63.4 Å². The lowest BCUT2D eigenvalue weighted by molar-refractivity contribution is 0.597. The summed E-state index contributed by atoms with van der Waals surface area (Å²) in [5.41, 5.74) is 11.5. The smallest absolute Gasteiger partial charge is 0.178 e. The van der Waals surface area contributed by atoms with Gasteiger partial charge in [0.1, 0.15) is 0 Å². The molecule has 0 atom stereocenters. The van der Waals surface area contributed by atoms with E-state index in [0.29, 0.717) is 10.6 Å². The Balaban J connectivity index is 0.000000245. The zero-order valence-corrected chi connectivity index (χ0v) is 19.8. The van der Waals surface area contributed by atoms with Crippen molar-refractivity contribution >= 4 is 21.2 Å². The number of anilines is 2. The molecule has 3 rings (SSSR count). The highest BCUT2D eigenvalue weighted by Gasteiger charge is 2.10. The Morgan fingerprint density at radius 3 is 2.03 bits per heavy atom. The minimum atomic E-state index is -3.07. The molecule has 2 N–H and O–H groups in total. The van der Waals surface area contributed by atoms with Crippen molar-refractivity contribution in [1.29, 1.82) is 0 Å². The van der Waals surface area contributed by atoms with Crippen LogP contribution in [0.4, 0.5) is 11.4 Å².